The number of benzene rings is 1. The Hall–Kier alpha value is -1.33. The normalized spacial score (nSPS) is 14.1. The van der Waals surface area contributed by atoms with Gasteiger partial charge in [-0.2, -0.15) is 0 Å². The van der Waals surface area contributed by atoms with Crippen molar-refractivity contribution in [3.8, 4) is 12.3 Å². The van der Waals surface area contributed by atoms with Crippen LogP contribution in [0, 0.1) is 18.2 Å². The molecule has 0 bridgehead atoms. The van der Waals surface area contributed by atoms with Crippen LogP contribution >= 0.6 is 0 Å². The summed E-state index contributed by atoms with van der Waals surface area (Å²) in [4.78, 5) is 0. The lowest BCUT2D eigenvalue weighted by atomic mass is 10.0. The zero-order valence-corrected chi connectivity index (χ0v) is 9.83. The van der Waals surface area contributed by atoms with Crippen molar-refractivity contribution in [1.82, 2.24) is 5.32 Å². The predicted octanol–water partition coefficient (Wildman–Crippen LogP) is 3.28. The minimum absolute atomic E-state index is 0.199. The summed E-state index contributed by atoms with van der Waals surface area (Å²) in [5.74, 6) is 2.44. The molecule has 2 heteroatoms. The van der Waals surface area contributed by atoms with Crippen LogP contribution in [-0.4, -0.2) is 6.04 Å². The SMILES string of the molecule is C#CCC(C)NC(CC)c1ccc(F)cc1. The largest absolute Gasteiger partial charge is 0.307 e. The van der Waals surface area contributed by atoms with Crippen LogP contribution in [0.2, 0.25) is 0 Å². The second-order valence-corrected chi connectivity index (χ2v) is 3.99. The molecule has 1 aromatic rings. The Morgan fingerprint density at radius 2 is 2.00 bits per heavy atom. The summed E-state index contributed by atoms with van der Waals surface area (Å²) in [5.41, 5.74) is 1.10. The molecule has 1 aromatic carbocycles. The summed E-state index contributed by atoms with van der Waals surface area (Å²) in [5, 5.41) is 3.44. The van der Waals surface area contributed by atoms with Crippen LogP contribution in [0.5, 0.6) is 0 Å². The van der Waals surface area contributed by atoms with Crippen molar-refractivity contribution in [2.45, 2.75) is 38.8 Å². The fraction of sp³-hybridized carbons (Fsp3) is 0.429. The lowest BCUT2D eigenvalue weighted by Gasteiger charge is -2.21. The van der Waals surface area contributed by atoms with E-state index in [9.17, 15) is 4.39 Å². The molecule has 16 heavy (non-hydrogen) atoms. The molecular weight excluding hydrogens is 201 g/mol. The highest BCUT2D eigenvalue weighted by atomic mass is 19.1. The second-order valence-electron chi connectivity index (χ2n) is 3.99. The first-order valence-corrected chi connectivity index (χ1v) is 5.62. The van der Waals surface area contributed by atoms with Crippen LogP contribution in [0.4, 0.5) is 4.39 Å². The van der Waals surface area contributed by atoms with E-state index in [0.717, 1.165) is 12.0 Å². The van der Waals surface area contributed by atoms with E-state index in [-0.39, 0.29) is 17.9 Å². The third kappa shape index (κ3) is 3.67. The van der Waals surface area contributed by atoms with Gasteiger partial charge >= 0.3 is 0 Å². The molecule has 0 radical (unpaired) electrons. The van der Waals surface area contributed by atoms with E-state index >= 15 is 0 Å². The lowest BCUT2D eigenvalue weighted by molar-refractivity contribution is 0.450. The minimum Gasteiger partial charge on any atom is -0.307 e. The first kappa shape index (κ1) is 12.7. The maximum absolute atomic E-state index is 12.8. The van der Waals surface area contributed by atoms with Crippen LogP contribution in [0.3, 0.4) is 0 Å². The zero-order valence-electron chi connectivity index (χ0n) is 9.83. The average molecular weight is 219 g/mol. The fourth-order valence-corrected chi connectivity index (χ4v) is 1.72. The van der Waals surface area contributed by atoms with Crippen LogP contribution in [0.15, 0.2) is 24.3 Å². The molecule has 1 nitrogen and oxygen atoms in total. The molecule has 0 saturated heterocycles. The second kappa shape index (κ2) is 6.30. The average Bonchev–Trinajstić information content (AvgIpc) is 2.27. The summed E-state index contributed by atoms with van der Waals surface area (Å²) >= 11 is 0. The first-order valence-electron chi connectivity index (χ1n) is 5.62. The van der Waals surface area contributed by atoms with Gasteiger partial charge in [0.25, 0.3) is 0 Å². The molecule has 0 aromatic heterocycles. The molecule has 2 atom stereocenters. The van der Waals surface area contributed by atoms with Crippen molar-refractivity contribution in [1.29, 1.82) is 0 Å². The number of rotatable bonds is 5. The topological polar surface area (TPSA) is 12.0 Å². The smallest absolute Gasteiger partial charge is 0.123 e. The quantitative estimate of drug-likeness (QED) is 0.749. The third-order valence-electron chi connectivity index (χ3n) is 2.59. The number of hydrogen-bond donors (Lipinski definition) is 1. The lowest BCUT2D eigenvalue weighted by Crippen LogP contribution is -2.29. The molecule has 86 valence electrons. The number of halogens is 1. The molecule has 0 aliphatic heterocycles. The van der Waals surface area contributed by atoms with Gasteiger partial charge in [0, 0.05) is 18.5 Å². The summed E-state index contributed by atoms with van der Waals surface area (Å²) in [6.45, 7) is 4.16. The molecule has 0 heterocycles. The number of terminal acetylenes is 1. The Morgan fingerprint density at radius 3 is 2.50 bits per heavy atom. The number of nitrogens with one attached hydrogen (secondary N) is 1. The van der Waals surface area contributed by atoms with E-state index in [4.69, 9.17) is 6.42 Å². The zero-order chi connectivity index (χ0) is 12.0. The summed E-state index contributed by atoms with van der Waals surface area (Å²) < 4.78 is 12.8. The summed E-state index contributed by atoms with van der Waals surface area (Å²) in [6, 6.07) is 7.14. The Bertz CT molecular complexity index is 350. The molecule has 1 rings (SSSR count). The predicted molar refractivity (Wildman–Crippen MR) is 65.5 cm³/mol. The van der Waals surface area contributed by atoms with Gasteiger partial charge in [-0.05, 0) is 31.0 Å². The van der Waals surface area contributed by atoms with Crippen LogP contribution in [-0.2, 0) is 0 Å². The Morgan fingerprint density at radius 1 is 1.38 bits per heavy atom. The molecule has 0 aliphatic rings. The van der Waals surface area contributed by atoms with E-state index in [1.165, 1.54) is 12.1 Å². The monoisotopic (exact) mass is 219 g/mol. The molecule has 2 unspecified atom stereocenters. The molecule has 1 N–H and O–H groups in total. The third-order valence-corrected chi connectivity index (χ3v) is 2.59. The van der Waals surface area contributed by atoms with Crippen molar-refractivity contribution in [3.05, 3.63) is 35.6 Å². The van der Waals surface area contributed by atoms with E-state index in [1.54, 1.807) is 0 Å². The van der Waals surface area contributed by atoms with Crippen molar-refractivity contribution < 1.29 is 4.39 Å². The van der Waals surface area contributed by atoms with Gasteiger partial charge in [-0.15, -0.1) is 12.3 Å². The van der Waals surface area contributed by atoms with Gasteiger partial charge in [0.15, 0.2) is 0 Å². The van der Waals surface area contributed by atoms with Crippen molar-refractivity contribution in [2.75, 3.05) is 0 Å². The number of hydrogen-bond acceptors (Lipinski definition) is 1. The van der Waals surface area contributed by atoms with Gasteiger partial charge in [0.1, 0.15) is 5.82 Å². The van der Waals surface area contributed by atoms with Gasteiger partial charge in [0.2, 0.25) is 0 Å². The molecule has 0 amide bonds. The molecular formula is C14H18FN. The van der Waals surface area contributed by atoms with Gasteiger partial charge in [-0.25, -0.2) is 4.39 Å². The van der Waals surface area contributed by atoms with Crippen molar-refractivity contribution >= 4 is 0 Å². The fourth-order valence-electron chi connectivity index (χ4n) is 1.72. The Labute approximate surface area is 97.1 Å². The Kier molecular flexibility index (Phi) is 5.01. The van der Waals surface area contributed by atoms with E-state index in [0.29, 0.717) is 6.42 Å². The highest BCUT2D eigenvalue weighted by Gasteiger charge is 2.11. The summed E-state index contributed by atoms with van der Waals surface area (Å²) in [6.07, 6.45) is 6.93. The standard InChI is InChI=1S/C14H18FN/c1-4-6-11(3)16-14(5-2)12-7-9-13(15)10-8-12/h1,7-11,14,16H,5-6H2,2-3H3. The maximum atomic E-state index is 12.8. The minimum atomic E-state index is -0.199. The molecule has 0 aliphatic carbocycles. The molecule has 0 saturated carbocycles. The van der Waals surface area contributed by atoms with Crippen molar-refractivity contribution in [2.24, 2.45) is 0 Å². The van der Waals surface area contributed by atoms with Crippen LogP contribution < -0.4 is 5.32 Å². The van der Waals surface area contributed by atoms with Gasteiger partial charge in [0.05, 0.1) is 0 Å². The van der Waals surface area contributed by atoms with E-state index in [2.05, 4.69) is 25.1 Å². The molecule has 0 spiro atoms. The van der Waals surface area contributed by atoms with E-state index in [1.807, 2.05) is 12.1 Å². The van der Waals surface area contributed by atoms with Gasteiger partial charge in [-0.1, -0.05) is 19.1 Å². The van der Waals surface area contributed by atoms with Crippen LogP contribution in [0.25, 0.3) is 0 Å². The van der Waals surface area contributed by atoms with Gasteiger partial charge < -0.3 is 5.32 Å². The summed E-state index contributed by atoms with van der Waals surface area (Å²) in [7, 11) is 0. The van der Waals surface area contributed by atoms with Gasteiger partial charge in [-0.3, -0.25) is 0 Å². The maximum Gasteiger partial charge on any atom is 0.123 e. The highest BCUT2D eigenvalue weighted by molar-refractivity contribution is 5.20. The Balaban J connectivity index is 2.67. The molecule has 0 fully saturated rings. The van der Waals surface area contributed by atoms with Crippen molar-refractivity contribution in [3.63, 3.8) is 0 Å². The van der Waals surface area contributed by atoms with E-state index < -0.39 is 0 Å². The highest BCUT2D eigenvalue weighted by Crippen LogP contribution is 2.17. The first-order chi connectivity index (χ1) is 7.67. The van der Waals surface area contributed by atoms with Crippen LogP contribution in [0.1, 0.15) is 38.3 Å².